The Kier molecular flexibility index (Phi) is 10.8. The van der Waals surface area contributed by atoms with E-state index in [-0.39, 0.29) is 56.5 Å². The van der Waals surface area contributed by atoms with Crippen LogP contribution < -0.4 is 15.4 Å². The first-order valence-electron chi connectivity index (χ1n) is 13.0. The van der Waals surface area contributed by atoms with Crippen LogP contribution in [0.15, 0.2) is 28.7 Å². The minimum atomic E-state index is -4.86. The number of nitrogens with zero attached hydrogens (tertiary/aromatic N) is 3. The van der Waals surface area contributed by atoms with Crippen LogP contribution in [0.4, 0.5) is 26.7 Å². The van der Waals surface area contributed by atoms with Gasteiger partial charge in [-0.15, -0.1) is 23.4 Å². The number of aliphatic hydroxyl groups excluding tert-OH is 1. The van der Waals surface area contributed by atoms with E-state index in [1.165, 1.54) is 17.0 Å². The molecule has 1 saturated heterocycles. The summed E-state index contributed by atoms with van der Waals surface area (Å²) in [6.07, 6.45) is -7.59. The summed E-state index contributed by atoms with van der Waals surface area (Å²) in [5, 5.41) is 23.2. The molecular formula is C25H32F5N5O6. The van der Waals surface area contributed by atoms with E-state index in [4.69, 9.17) is 9.15 Å². The van der Waals surface area contributed by atoms with Gasteiger partial charge in [0.25, 0.3) is 5.92 Å². The van der Waals surface area contributed by atoms with Gasteiger partial charge in [0, 0.05) is 31.5 Å². The van der Waals surface area contributed by atoms with Gasteiger partial charge in [0.15, 0.2) is 6.10 Å². The van der Waals surface area contributed by atoms with Crippen molar-refractivity contribution in [1.29, 1.82) is 0 Å². The molecule has 0 radical (unpaired) electrons. The van der Waals surface area contributed by atoms with E-state index in [2.05, 4.69) is 25.6 Å². The summed E-state index contributed by atoms with van der Waals surface area (Å²) < 4.78 is 80.7. The Morgan fingerprint density at radius 1 is 1.07 bits per heavy atom. The summed E-state index contributed by atoms with van der Waals surface area (Å²) >= 11 is 0. The van der Waals surface area contributed by atoms with E-state index in [0.29, 0.717) is 0 Å². The minimum absolute atomic E-state index is 0.115. The molecular weight excluding hydrogens is 561 g/mol. The van der Waals surface area contributed by atoms with Crippen LogP contribution >= 0.6 is 0 Å². The molecule has 3 atom stereocenters. The Morgan fingerprint density at radius 2 is 1.73 bits per heavy atom. The van der Waals surface area contributed by atoms with Crippen LogP contribution in [0.25, 0.3) is 11.5 Å². The van der Waals surface area contributed by atoms with E-state index >= 15 is 0 Å². The smallest absolute Gasteiger partial charge is 0.418 e. The summed E-state index contributed by atoms with van der Waals surface area (Å²) in [5.41, 5.74) is 0.228. The Morgan fingerprint density at radius 3 is 2.32 bits per heavy atom. The van der Waals surface area contributed by atoms with Crippen LogP contribution in [-0.4, -0.2) is 82.8 Å². The molecule has 1 unspecified atom stereocenters. The molecule has 0 aliphatic carbocycles. The molecule has 3 N–H and O–H groups in total. The lowest BCUT2D eigenvalue weighted by atomic mass is 10.0. The molecule has 1 aromatic heterocycles. The van der Waals surface area contributed by atoms with Gasteiger partial charge in [0.2, 0.25) is 17.7 Å². The molecule has 2 heterocycles. The first-order valence-corrected chi connectivity index (χ1v) is 13.0. The maximum atomic E-state index is 14.5. The Bertz CT molecular complexity index is 1140. The Balaban J connectivity index is 1.71. The number of hydrogen-bond acceptors (Lipinski definition) is 8. The number of morpholine rings is 1. The summed E-state index contributed by atoms with van der Waals surface area (Å²) in [6.45, 7) is 4.20. The standard InChI is InChI=1S/C25H32F5N5O6/c1-3-9-24(26,27)14-18(32-23(38)35-10-12-39-13-11-35)20(37)31-17(4-2)19(36)22-34-33-21(40-22)15-5-7-16(8-6-15)41-25(28,29)30/h5-8,17-19,36H,3-4,9-14H2,1-2H3,(H,31,37)(H,32,38)/t17-,18?,19-/m0/s1. The third-order valence-corrected chi connectivity index (χ3v) is 6.21. The van der Waals surface area contributed by atoms with Crippen LogP contribution in [0.2, 0.25) is 0 Å². The molecule has 0 bridgehead atoms. The highest BCUT2D eigenvalue weighted by atomic mass is 19.4. The second-order valence-electron chi connectivity index (χ2n) is 9.40. The molecule has 16 heteroatoms. The van der Waals surface area contributed by atoms with Crippen molar-refractivity contribution in [2.75, 3.05) is 26.3 Å². The SMILES string of the molecule is CCCC(F)(F)CC(NC(=O)N1CCOCC1)C(=O)N[C@@H](CC)[C@H](O)c1nnc(-c2ccc(OC(F)(F)F)cc2)o1. The molecule has 3 amide bonds. The normalized spacial score (nSPS) is 16.5. The number of alkyl halides is 5. The number of carbonyl (C=O) groups is 2. The van der Waals surface area contributed by atoms with Crippen molar-refractivity contribution in [3.8, 4) is 17.2 Å². The highest BCUT2D eigenvalue weighted by Crippen LogP contribution is 2.29. The fraction of sp³-hybridized carbons (Fsp3) is 0.600. The number of benzene rings is 1. The minimum Gasteiger partial charge on any atom is -0.418 e. The fourth-order valence-corrected chi connectivity index (χ4v) is 4.11. The zero-order valence-electron chi connectivity index (χ0n) is 22.4. The van der Waals surface area contributed by atoms with Crippen LogP contribution in [0, 0.1) is 0 Å². The van der Waals surface area contributed by atoms with Crippen molar-refractivity contribution in [1.82, 2.24) is 25.7 Å². The van der Waals surface area contributed by atoms with E-state index in [1.807, 2.05) is 0 Å². The third-order valence-electron chi connectivity index (χ3n) is 6.21. The van der Waals surface area contributed by atoms with E-state index < -0.39 is 61.0 Å². The number of amides is 3. The molecule has 228 valence electrons. The van der Waals surface area contributed by atoms with Gasteiger partial charge >= 0.3 is 12.4 Å². The number of aliphatic hydroxyl groups is 1. The molecule has 0 spiro atoms. The van der Waals surface area contributed by atoms with Crippen molar-refractivity contribution in [2.24, 2.45) is 0 Å². The molecule has 3 rings (SSSR count). The van der Waals surface area contributed by atoms with Crippen LogP contribution in [0.5, 0.6) is 5.75 Å². The van der Waals surface area contributed by atoms with Crippen LogP contribution in [-0.2, 0) is 9.53 Å². The van der Waals surface area contributed by atoms with Crippen molar-refractivity contribution in [3.05, 3.63) is 30.2 Å². The first-order chi connectivity index (χ1) is 19.3. The molecule has 1 aliphatic heterocycles. The molecule has 1 aromatic carbocycles. The van der Waals surface area contributed by atoms with Gasteiger partial charge in [-0.3, -0.25) is 4.79 Å². The van der Waals surface area contributed by atoms with Crippen molar-refractivity contribution in [2.45, 2.75) is 70.0 Å². The van der Waals surface area contributed by atoms with Crippen molar-refractivity contribution in [3.63, 3.8) is 0 Å². The number of halogens is 5. The highest BCUT2D eigenvalue weighted by Gasteiger charge is 2.38. The maximum Gasteiger partial charge on any atom is 0.573 e. The van der Waals surface area contributed by atoms with Gasteiger partial charge in [-0.2, -0.15) is 0 Å². The number of aromatic nitrogens is 2. The van der Waals surface area contributed by atoms with Gasteiger partial charge < -0.3 is 34.5 Å². The number of urea groups is 1. The van der Waals surface area contributed by atoms with Gasteiger partial charge in [-0.25, -0.2) is 13.6 Å². The maximum absolute atomic E-state index is 14.5. The fourth-order valence-electron chi connectivity index (χ4n) is 4.11. The van der Waals surface area contributed by atoms with Crippen molar-refractivity contribution < 1.29 is 50.5 Å². The summed E-state index contributed by atoms with van der Waals surface area (Å²) in [6, 6.07) is 1.19. The average molecular weight is 594 g/mol. The molecule has 2 aromatic rings. The quantitative estimate of drug-likeness (QED) is 0.316. The monoisotopic (exact) mass is 593 g/mol. The van der Waals surface area contributed by atoms with Gasteiger partial charge in [-0.1, -0.05) is 20.3 Å². The van der Waals surface area contributed by atoms with Crippen LogP contribution in [0.1, 0.15) is 51.5 Å². The summed E-state index contributed by atoms with van der Waals surface area (Å²) in [4.78, 5) is 27.2. The van der Waals surface area contributed by atoms with Crippen LogP contribution in [0.3, 0.4) is 0 Å². The highest BCUT2D eigenvalue weighted by molar-refractivity contribution is 5.87. The predicted molar refractivity (Wildman–Crippen MR) is 133 cm³/mol. The first kappa shape index (κ1) is 32.0. The number of ether oxygens (including phenoxy) is 2. The summed E-state index contributed by atoms with van der Waals surface area (Å²) in [5.74, 6) is -5.10. The van der Waals surface area contributed by atoms with Gasteiger partial charge in [-0.05, 0) is 30.7 Å². The van der Waals surface area contributed by atoms with Gasteiger partial charge in [0.1, 0.15) is 11.8 Å². The lowest BCUT2D eigenvalue weighted by molar-refractivity contribution is -0.274. The van der Waals surface area contributed by atoms with Gasteiger partial charge in [0.05, 0.1) is 19.3 Å². The predicted octanol–water partition coefficient (Wildman–Crippen LogP) is 3.80. The number of carbonyl (C=O) groups excluding carboxylic acids is 2. The second-order valence-corrected chi connectivity index (χ2v) is 9.40. The van der Waals surface area contributed by atoms with E-state index in [9.17, 15) is 36.6 Å². The lowest BCUT2D eigenvalue weighted by Crippen LogP contribution is -2.56. The average Bonchev–Trinajstić information content (AvgIpc) is 3.41. The lowest BCUT2D eigenvalue weighted by Gasteiger charge is -2.31. The molecule has 11 nitrogen and oxygen atoms in total. The molecule has 41 heavy (non-hydrogen) atoms. The molecule has 1 fully saturated rings. The van der Waals surface area contributed by atoms with E-state index in [0.717, 1.165) is 12.1 Å². The Labute approximate surface area is 232 Å². The number of rotatable bonds is 12. The molecule has 1 aliphatic rings. The van der Waals surface area contributed by atoms with Crippen molar-refractivity contribution >= 4 is 11.9 Å². The molecule has 0 saturated carbocycles. The number of nitrogens with one attached hydrogen (secondary N) is 2. The zero-order chi connectivity index (χ0) is 30.2. The second kappa shape index (κ2) is 13.9. The topological polar surface area (TPSA) is 139 Å². The third kappa shape index (κ3) is 9.52. The summed E-state index contributed by atoms with van der Waals surface area (Å²) in [7, 11) is 0. The largest absolute Gasteiger partial charge is 0.573 e. The Hall–Kier alpha value is -3.53. The van der Waals surface area contributed by atoms with E-state index in [1.54, 1.807) is 13.8 Å². The zero-order valence-corrected chi connectivity index (χ0v) is 22.4. The number of hydrogen-bond donors (Lipinski definition) is 3.